The normalized spacial score (nSPS) is 19.6. The molecular formula is C20H29N4O2S2+. The second-order valence-corrected chi connectivity index (χ2v) is 9.15. The molecule has 2 N–H and O–H groups in total. The summed E-state index contributed by atoms with van der Waals surface area (Å²) in [7, 11) is 0. The average molecular weight is 422 g/mol. The Hall–Kier alpha value is -1.77. The number of carbonyl (C=O) groups excluding carboxylic acids is 1. The molecule has 2 aromatic rings. The van der Waals surface area contributed by atoms with Gasteiger partial charge in [0, 0.05) is 5.69 Å². The maximum atomic E-state index is 12.0. The number of carbonyl (C=O) groups is 1. The minimum absolute atomic E-state index is 0.0198. The van der Waals surface area contributed by atoms with Crippen LogP contribution in [0.25, 0.3) is 0 Å². The first-order chi connectivity index (χ1) is 13.5. The predicted octanol–water partition coefficient (Wildman–Crippen LogP) is 3.36. The first kappa shape index (κ1) is 21.0. The highest BCUT2D eigenvalue weighted by atomic mass is 32.1. The number of likely N-dealkylation sites (tertiary alicyclic amines) is 1. The molecule has 8 heteroatoms. The molecule has 3 rings (SSSR count). The predicted molar refractivity (Wildman–Crippen MR) is 115 cm³/mol. The van der Waals surface area contributed by atoms with Gasteiger partial charge in [-0.05, 0) is 55.6 Å². The van der Waals surface area contributed by atoms with Gasteiger partial charge in [0.25, 0.3) is 0 Å². The van der Waals surface area contributed by atoms with E-state index in [-0.39, 0.29) is 11.9 Å². The molecule has 0 spiro atoms. The van der Waals surface area contributed by atoms with E-state index < -0.39 is 0 Å². The van der Waals surface area contributed by atoms with Crippen LogP contribution in [0, 0.1) is 9.87 Å². The first-order valence-electron chi connectivity index (χ1n) is 9.91. The van der Waals surface area contributed by atoms with Crippen LogP contribution in [0.2, 0.25) is 0 Å². The van der Waals surface area contributed by atoms with Crippen LogP contribution in [0.1, 0.15) is 45.1 Å². The molecule has 1 unspecified atom stereocenters. The Balaban J connectivity index is 1.62. The summed E-state index contributed by atoms with van der Waals surface area (Å²) in [4.78, 5) is 13.4. The summed E-state index contributed by atoms with van der Waals surface area (Å²) in [5.41, 5.74) is 2.32. The van der Waals surface area contributed by atoms with Crippen molar-refractivity contribution in [1.82, 2.24) is 9.78 Å². The quantitative estimate of drug-likeness (QED) is 0.530. The number of benzene rings is 1. The molecule has 0 radical (unpaired) electrons. The number of ether oxygens (including phenoxy) is 1. The van der Waals surface area contributed by atoms with Crippen molar-refractivity contribution in [3.63, 3.8) is 0 Å². The van der Waals surface area contributed by atoms with Crippen molar-refractivity contribution in [3.8, 4) is 0 Å². The zero-order valence-corrected chi connectivity index (χ0v) is 18.4. The summed E-state index contributed by atoms with van der Waals surface area (Å²) in [5.74, 6) is 0.420. The van der Waals surface area contributed by atoms with Crippen LogP contribution in [0.3, 0.4) is 0 Å². The van der Waals surface area contributed by atoms with Crippen molar-refractivity contribution < 1.29 is 14.4 Å². The van der Waals surface area contributed by atoms with Crippen LogP contribution in [0.5, 0.6) is 0 Å². The molecule has 1 aliphatic rings. The van der Waals surface area contributed by atoms with Crippen LogP contribution in [0.15, 0.2) is 24.3 Å². The van der Waals surface area contributed by atoms with E-state index in [0.29, 0.717) is 19.2 Å². The fourth-order valence-electron chi connectivity index (χ4n) is 3.50. The molecule has 0 aliphatic carbocycles. The molecule has 1 saturated heterocycles. The summed E-state index contributed by atoms with van der Waals surface area (Å²) < 4.78 is 7.81. The smallest absolute Gasteiger partial charge is 0.314 e. The number of esters is 1. The third kappa shape index (κ3) is 5.40. The number of nitrogens with one attached hydrogen (secondary N) is 2. The third-order valence-corrected chi connectivity index (χ3v) is 6.27. The van der Waals surface area contributed by atoms with Crippen molar-refractivity contribution in [2.75, 3.05) is 25.0 Å². The molecule has 152 valence electrons. The summed E-state index contributed by atoms with van der Waals surface area (Å²) in [6.07, 6.45) is 1.92. The van der Waals surface area contributed by atoms with E-state index in [9.17, 15) is 4.79 Å². The molecule has 1 aromatic carbocycles. The lowest BCUT2D eigenvalue weighted by molar-refractivity contribution is -0.930. The molecule has 1 aliphatic heterocycles. The van der Waals surface area contributed by atoms with Crippen molar-refractivity contribution in [1.29, 1.82) is 0 Å². The van der Waals surface area contributed by atoms with Crippen LogP contribution >= 0.6 is 23.6 Å². The molecule has 0 saturated carbocycles. The van der Waals surface area contributed by atoms with Gasteiger partial charge < -0.3 is 15.0 Å². The lowest BCUT2D eigenvalue weighted by Crippen LogP contribution is -3.13. The second-order valence-electron chi connectivity index (χ2n) is 7.53. The van der Waals surface area contributed by atoms with Crippen LogP contribution in [0.4, 0.5) is 10.8 Å². The zero-order valence-electron chi connectivity index (χ0n) is 16.7. The minimum Gasteiger partial charge on any atom is -0.466 e. The average Bonchev–Trinajstić information content (AvgIpc) is 3.01. The topological polar surface area (TPSA) is 60.6 Å². The van der Waals surface area contributed by atoms with Gasteiger partial charge in [-0.3, -0.25) is 4.79 Å². The zero-order chi connectivity index (χ0) is 20.1. The lowest BCUT2D eigenvalue weighted by Gasteiger charge is -2.28. The van der Waals surface area contributed by atoms with E-state index in [2.05, 4.69) is 48.5 Å². The second kappa shape index (κ2) is 9.62. The Morgan fingerprint density at radius 1 is 1.43 bits per heavy atom. The molecule has 6 nitrogen and oxygen atoms in total. The van der Waals surface area contributed by atoms with E-state index in [1.807, 2.05) is 11.6 Å². The van der Waals surface area contributed by atoms with Gasteiger partial charge in [0.05, 0.1) is 19.7 Å². The Bertz CT molecular complexity index is 845. The van der Waals surface area contributed by atoms with E-state index in [4.69, 9.17) is 17.0 Å². The number of hydrogen-bond donors (Lipinski definition) is 2. The van der Waals surface area contributed by atoms with Crippen LogP contribution in [-0.2, 0) is 16.2 Å². The van der Waals surface area contributed by atoms with Crippen LogP contribution in [-0.4, -0.2) is 35.4 Å². The number of rotatable bonds is 7. The molecule has 1 aromatic heterocycles. The molecule has 2 atom stereocenters. The number of nitrogens with zero attached hydrogens (tertiary/aromatic N) is 2. The summed E-state index contributed by atoms with van der Waals surface area (Å²) in [6, 6.07) is 8.42. The fraction of sp³-hybridized carbons (Fsp3) is 0.550. The van der Waals surface area contributed by atoms with Gasteiger partial charge in [0.15, 0.2) is 10.6 Å². The van der Waals surface area contributed by atoms with Crippen molar-refractivity contribution >= 4 is 40.3 Å². The highest BCUT2D eigenvalue weighted by Gasteiger charge is 2.30. The molecule has 0 bridgehead atoms. The summed E-state index contributed by atoms with van der Waals surface area (Å²) in [5, 5.41) is 8.79. The highest BCUT2D eigenvalue weighted by Crippen LogP contribution is 2.22. The maximum Gasteiger partial charge on any atom is 0.314 e. The molecule has 28 heavy (non-hydrogen) atoms. The number of aromatic nitrogens is 2. The first-order valence-corrected chi connectivity index (χ1v) is 11.1. The number of hydrogen-bond acceptors (Lipinski definition) is 6. The third-order valence-electron chi connectivity index (χ3n) is 5.05. The lowest BCUT2D eigenvalue weighted by atomic mass is 9.99. The van der Waals surface area contributed by atoms with E-state index >= 15 is 0 Å². The van der Waals surface area contributed by atoms with E-state index in [1.165, 1.54) is 21.8 Å². The van der Waals surface area contributed by atoms with Crippen molar-refractivity contribution in [3.05, 3.63) is 33.8 Å². The molecule has 1 fully saturated rings. The number of anilines is 2. The van der Waals surface area contributed by atoms with Gasteiger partial charge in [-0.25, -0.2) is 0 Å². The minimum atomic E-state index is -0.0752. The Kier molecular flexibility index (Phi) is 7.20. The molecular weight excluding hydrogens is 392 g/mol. The summed E-state index contributed by atoms with van der Waals surface area (Å²) >= 11 is 6.98. The van der Waals surface area contributed by atoms with Crippen LogP contribution < -0.4 is 10.2 Å². The van der Waals surface area contributed by atoms with Gasteiger partial charge >= 0.3 is 5.97 Å². The Labute approximate surface area is 175 Å². The van der Waals surface area contributed by atoms with E-state index in [0.717, 1.165) is 40.7 Å². The Morgan fingerprint density at radius 3 is 2.86 bits per heavy atom. The fourth-order valence-corrected chi connectivity index (χ4v) is 4.53. The van der Waals surface area contributed by atoms with Crippen molar-refractivity contribution in [2.24, 2.45) is 5.92 Å². The number of piperidine rings is 1. The van der Waals surface area contributed by atoms with Crippen molar-refractivity contribution in [2.45, 2.75) is 46.2 Å². The number of quaternary nitrogens is 1. The van der Waals surface area contributed by atoms with Gasteiger partial charge in [-0.2, -0.15) is 4.68 Å². The van der Waals surface area contributed by atoms with Gasteiger partial charge in [-0.15, -0.1) is 5.10 Å². The van der Waals surface area contributed by atoms with Gasteiger partial charge in [0.1, 0.15) is 5.92 Å². The summed E-state index contributed by atoms with van der Waals surface area (Å²) in [6.45, 7) is 9.14. The standard InChI is InChI=1S/C20H28N4O2S2/c1-4-26-18(25)16-6-5-11-23(12-16)13-24-20(27)28-19(22-24)21-17-9-7-15(8-10-17)14(2)3/h7-10,14,16H,4-6,11-13H2,1-3H3,(H,21,22)/p+1/t16-/m1/s1. The molecule has 0 amide bonds. The van der Waals surface area contributed by atoms with E-state index in [1.54, 1.807) is 0 Å². The monoisotopic (exact) mass is 421 g/mol. The SMILES string of the molecule is CCOC(=O)[C@@H]1CCC[NH+](Cn2nc(Nc3ccc(C(C)C)cc3)sc2=S)C1. The van der Waals surface area contributed by atoms with Gasteiger partial charge in [-0.1, -0.05) is 37.3 Å². The molecule has 2 heterocycles. The van der Waals surface area contributed by atoms with Gasteiger partial charge in [0.2, 0.25) is 5.13 Å². The Morgan fingerprint density at radius 2 is 2.18 bits per heavy atom. The maximum absolute atomic E-state index is 12.0. The largest absolute Gasteiger partial charge is 0.466 e. The highest BCUT2D eigenvalue weighted by molar-refractivity contribution is 7.73.